The first-order valence-corrected chi connectivity index (χ1v) is 26.5. The van der Waals surface area contributed by atoms with Crippen LogP contribution in [0.25, 0.3) is 0 Å². The Balaban J connectivity index is 0.723. The Hall–Kier alpha value is -5.58. The van der Waals surface area contributed by atoms with Crippen molar-refractivity contribution in [2.45, 2.75) is 120 Å². The number of hydrogen-bond acceptors (Lipinski definition) is 12. The number of amides is 4. The quantitative estimate of drug-likeness (QED) is 0.0742. The zero-order valence-electron chi connectivity index (χ0n) is 40.1. The standard InChI is InChI=1S/C52H65ClN8O7S/c1-35(2)69(66,67)47-15-9-8-12-37(47)30-44-42(53)33-55-48(56-44)31-36-17-18-39(32-46(36)68-3)58-24-21-38(22-25-58)59-26-28-60(29-27-59)50(63)16-7-5-4-6-10-23-54-43-14-11-13-40-41(43)34-61(52(40)65)45-19-20-49(62)57-51(45)64/h8-9,11-15,17-18,32-33,35,38,45,54H,4-7,10,16,19-31,34H2,1-3H3,(H,57,62,64). The predicted molar refractivity (Wildman–Crippen MR) is 266 cm³/mol. The SMILES string of the molecule is COc1cc(N2CCC(N3CCN(C(=O)CCCCCCCNc4cccc5c4CN(C4CCC(=O)NC4=O)C5=O)CC3)CC2)ccc1Cc1ncc(Cl)c(Cc2ccccc2S(=O)(=O)C(C)C)n1. The minimum atomic E-state index is -3.49. The van der Waals surface area contributed by atoms with Gasteiger partial charge in [0.05, 0.1) is 28.0 Å². The number of anilines is 2. The Kier molecular flexibility index (Phi) is 16.2. The molecule has 4 aliphatic rings. The fraction of sp³-hybridized carbons (Fsp3) is 0.500. The molecule has 0 radical (unpaired) electrons. The molecule has 8 rings (SSSR count). The van der Waals surface area contributed by atoms with Crippen molar-refractivity contribution in [3.63, 3.8) is 0 Å². The Morgan fingerprint density at radius 2 is 1.64 bits per heavy atom. The van der Waals surface area contributed by atoms with Gasteiger partial charge in [-0.3, -0.25) is 29.4 Å². The zero-order chi connectivity index (χ0) is 48.7. The van der Waals surface area contributed by atoms with Crippen LogP contribution in [0.5, 0.6) is 5.75 Å². The number of piperazine rings is 1. The van der Waals surface area contributed by atoms with Crippen molar-refractivity contribution in [2.75, 3.05) is 63.1 Å². The van der Waals surface area contributed by atoms with Gasteiger partial charge in [-0.2, -0.15) is 0 Å². The fourth-order valence-electron chi connectivity index (χ4n) is 10.2. The number of sulfone groups is 1. The van der Waals surface area contributed by atoms with Crippen molar-refractivity contribution in [1.29, 1.82) is 0 Å². The van der Waals surface area contributed by atoms with Gasteiger partial charge < -0.3 is 24.8 Å². The second-order valence-electron chi connectivity index (χ2n) is 18.9. The summed E-state index contributed by atoms with van der Waals surface area (Å²) in [5.74, 6) is 0.721. The van der Waals surface area contributed by atoms with E-state index in [1.54, 1.807) is 50.3 Å². The van der Waals surface area contributed by atoms with Gasteiger partial charge in [0.1, 0.15) is 17.6 Å². The lowest BCUT2D eigenvalue weighted by Gasteiger charge is -2.43. The van der Waals surface area contributed by atoms with E-state index < -0.39 is 27.0 Å². The largest absolute Gasteiger partial charge is 0.496 e. The van der Waals surface area contributed by atoms with Crippen molar-refractivity contribution < 1.29 is 32.3 Å². The Bertz CT molecular complexity index is 2630. The molecule has 3 fully saturated rings. The van der Waals surface area contributed by atoms with Crippen molar-refractivity contribution in [3.05, 3.63) is 106 Å². The van der Waals surface area contributed by atoms with E-state index in [0.29, 0.717) is 64.4 Å². The first-order valence-electron chi connectivity index (χ1n) is 24.6. The van der Waals surface area contributed by atoms with E-state index in [2.05, 4.69) is 43.6 Å². The molecule has 0 bridgehead atoms. The number of piperidine rings is 2. The van der Waals surface area contributed by atoms with E-state index in [4.69, 9.17) is 21.3 Å². The first-order chi connectivity index (χ1) is 33.3. The number of hydrogen-bond donors (Lipinski definition) is 2. The highest BCUT2D eigenvalue weighted by atomic mass is 35.5. The lowest BCUT2D eigenvalue weighted by atomic mass is 10.0. The Morgan fingerprint density at radius 1 is 0.884 bits per heavy atom. The first kappa shape index (κ1) is 49.8. The molecular formula is C52H65ClN8O7S. The summed E-state index contributed by atoms with van der Waals surface area (Å²) in [5, 5.41) is 5.70. The van der Waals surface area contributed by atoms with Crippen molar-refractivity contribution in [1.82, 2.24) is 30.0 Å². The molecule has 4 aliphatic heterocycles. The number of unbranched alkanes of at least 4 members (excludes halogenated alkanes) is 4. The summed E-state index contributed by atoms with van der Waals surface area (Å²) in [6.07, 6.45) is 10.5. The van der Waals surface area contributed by atoms with Crippen LogP contribution in [0, 0.1) is 0 Å². The number of halogens is 1. The molecule has 17 heteroatoms. The van der Waals surface area contributed by atoms with E-state index in [9.17, 15) is 27.6 Å². The molecule has 0 saturated carbocycles. The maximum absolute atomic E-state index is 13.2. The average Bonchev–Trinajstić information content (AvgIpc) is 3.69. The Labute approximate surface area is 411 Å². The van der Waals surface area contributed by atoms with Gasteiger partial charge in [0.15, 0.2) is 9.84 Å². The summed E-state index contributed by atoms with van der Waals surface area (Å²) >= 11 is 6.56. The van der Waals surface area contributed by atoms with Crippen LogP contribution in [0.1, 0.15) is 117 Å². The van der Waals surface area contributed by atoms with E-state index in [1.807, 2.05) is 29.2 Å². The van der Waals surface area contributed by atoms with Gasteiger partial charge in [-0.15, -0.1) is 0 Å². The topological polar surface area (TPSA) is 174 Å². The normalized spacial score (nSPS) is 18.2. The van der Waals surface area contributed by atoms with Crippen molar-refractivity contribution >= 4 is 56.4 Å². The number of aromatic nitrogens is 2. The highest BCUT2D eigenvalue weighted by Crippen LogP contribution is 2.34. The van der Waals surface area contributed by atoms with Gasteiger partial charge in [0.2, 0.25) is 17.7 Å². The fourth-order valence-corrected chi connectivity index (χ4v) is 11.6. The number of imide groups is 1. The van der Waals surface area contributed by atoms with Crippen LogP contribution >= 0.6 is 11.6 Å². The van der Waals surface area contributed by atoms with Crippen LogP contribution in [0.3, 0.4) is 0 Å². The molecule has 4 amide bonds. The molecule has 3 aromatic carbocycles. The van der Waals surface area contributed by atoms with Gasteiger partial charge >= 0.3 is 0 Å². The third-order valence-electron chi connectivity index (χ3n) is 14.2. The number of carbonyl (C=O) groups excluding carboxylic acids is 4. The lowest BCUT2D eigenvalue weighted by molar-refractivity contribution is -0.137. The van der Waals surface area contributed by atoms with Crippen LogP contribution in [0.2, 0.25) is 5.02 Å². The summed E-state index contributed by atoms with van der Waals surface area (Å²) in [4.78, 5) is 68.6. The van der Waals surface area contributed by atoms with Crippen LogP contribution in [-0.2, 0) is 43.6 Å². The molecule has 1 atom stereocenters. The summed E-state index contributed by atoms with van der Waals surface area (Å²) in [5.41, 5.74) is 5.70. The summed E-state index contributed by atoms with van der Waals surface area (Å²) in [7, 11) is -1.82. The van der Waals surface area contributed by atoms with Crippen molar-refractivity contribution in [3.8, 4) is 5.75 Å². The molecule has 1 aromatic heterocycles. The second-order valence-corrected chi connectivity index (χ2v) is 21.8. The summed E-state index contributed by atoms with van der Waals surface area (Å²) < 4.78 is 32.1. The summed E-state index contributed by atoms with van der Waals surface area (Å²) in [6.45, 7) is 9.69. The molecule has 69 heavy (non-hydrogen) atoms. The van der Waals surface area contributed by atoms with E-state index in [-0.39, 0.29) is 30.6 Å². The van der Waals surface area contributed by atoms with Gasteiger partial charge in [0.25, 0.3) is 5.91 Å². The van der Waals surface area contributed by atoms with Crippen LogP contribution in [-0.4, -0.2) is 127 Å². The lowest BCUT2D eigenvalue weighted by Crippen LogP contribution is -2.54. The number of nitrogens with zero attached hydrogens (tertiary/aromatic N) is 6. The van der Waals surface area contributed by atoms with Gasteiger partial charge in [-0.25, -0.2) is 18.4 Å². The van der Waals surface area contributed by atoms with E-state index >= 15 is 0 Å². The number of methoxy groups -OCH3 is 1. The molecule has 4 aromatic rings. The number of carbonyl (C=O) groups is 4. The van der Waals surface area contributed by atoms with Crippen molar-refractivity contribution in [2.24, 2.45) is 0 Å². The number of nitrogens with one attached hydrogen (secondary N) is 2. The minimum Gasteiger partial charge on any atom is -0.496 e. The van der Waals surface area contributed by atoms with E-state index in [1.165, 1.54) is 0 Å². The van der Waals surface area contributed by atoms with Crippen LogP contribution in [0.4, 0.5) is 11.4 Å². The number of fused-ring (bicyclic) bond motifs is 1. The third kappa shape index (κ3) is 11.7. The molecule has 15 nitrogen and oxygen atoms in total. The molecule has 2 N–H and O–H groups in total. The van der Waals surface area contributed by atoms with Gasteiger partial charge in [-0.1, -0.05) is 61.2 Å². The van der Waals surface area contributed by atoms with Gasteiger partial charge in [0, 0.05) is 124 Å². The molecular weight excluding hydrogens is 916 g/mol. The molecule has 368 valence electrons. The zero-order valence-corrected chi connectivity index (χ0v) is 41.6. The summed E-state index contributed by atoms with van der Waals surface area (Å²) in [6, 6.07) is 18.8. The maximum Gasteiger partial charge on any atom is 0.255 e. The average molecular weight is 982 g/mol. The third-order valence-corrected chi connectivity index (χ3v) is 16.8. The highest BCUT2D eigenvalue weighted by molar-refractivity contribution is 7.92. The molecule has 3 saturated heterocycles. The minimum absolute atomic E-state index is 0.167. The number of ether oxygens (including phenoxy) is 1. The number of benzene rings is 3. The molecule has 5 heterocycles. The van der Waals surface area contributed by atoms with Crippen LogP contribution < -0.4 is 20.3 Å². The monoisotopic (exact) mass is 980 g/mol. The van der Waals surface area contributed by atoms with E-state index in [0.717, 1.165) is 119 Å². The maximum atomic E-state index is 13.2. The predicted octanol–water partition coefficient (Wildman–Crippen LogP) is 6.83. The van der Waals surface area contributed by atoms with Crippen LogP contribution in [0.15, 0.2) is 71.8 Å². The molecule has 0 spiro atoms. The number of rotatable bonds is 19. The van der Waals surface area contributed by atoms with Gasteiger partial charge in [-0.05, 0) is 75.8 Å². The molecule has 1 unspecified atom stereocenters. The second kappa shape index (κ2) is 22.4. The smallest absolute Gasteiger partial charge is 0.255 e. The Morgan fingerprint density at radius 3 is 2.39 bits per heavy atom. The molecule has 0 aliphatic carbocycles. The highest BCUT2D eigenvalue weighted by Gasteiger charge is 2.40.